The van der Waals surface area contributed by atoms with Gasteiger partial charge in [-0.05, 0) is 42.5 Å². The molecule has 21 heavy (non-hydrogen) atoms. The molecule has 0 unspecified atom stereocenters. The Hall–Kier alpha value is -2.34. The average Bonchev–Trinajstić information content (AvgIpc) is 2.45. The Balaban J connectivity index is 2.15. The molecular weight excluding hydrogens is 258 g/mol. The molecule has 0 spiro atoms. The Morgan fingerprint density at radius 2 is 1.86 bits per heavy atom. The van der Waals surface area contributed by atoms with Crippen molar-refractivity contribution in [2.75, 3.05) is 5.32 Å². The summed E-state index contributed by atoms with van der Waals surface area (Å²) in [6.07, 6.45) is 0. The zero-order valence-corrected chi connectivity index (χ0v) is 13.1. The molecule has 0 saturated carbocycles. The summed E-state index contributed by atoms with van der Waals surface area (Å²) in [5.41, 5.74) is 5.02. The van der Waals surface area contributed by atoms with E-state index in [0.29, 0.717) is 23.8 Å². The monoisotopic (exact) mass is 279 g/mol. The van der Waals surface area contributed by atoms with Gasteiger partial charge in [0.05, 0.1) is 5.56 Å². The number of rotatable bonds is 4. The second-order valence-corrected chi connectivity index (χ2v) is 5.67. The molecule has 1 heterocycles. The van der Waals surface area contributed by atoms with Crippen LogP contribution in [0.2, 0.25) is 0 Å². The summed E-state index contributed by atoms with van der Waals surface area (Å²) in [4.78, 5) is 4.43. The second kappa shape index (κ2) is 6.41. The molecule has 0 fully saturated rings. The molecule has 0 radical (unpaired) electrons. The van der Waals surface area contributed by atoms with Crippen LogP contribution >= 0.6 is 0 Å². The Morgan fingerprint density at radius 3 is 2.43 bits per heavy atom. The van der Waals surface area contributed by atoms with Crippen LogP contribution < -0.4 is 5.32 Å². The zero-order valence-electron chi connectivity index (χ0n) is 13.1. The molecule has 0 aliphatic heterocycles. The van der Waals surface area contributed by atoms with E-state index in [-0.39, 0.29) is 0 Å². The third kappa shape index (κ3) is 3.61. The zero-order chi connectivity index (χ0) is 15.4. The van der Waals surface area contributed by atoms with Gasteiger partial charge in [-0.2, -0.15) is 5.26 Å². The predicted molar refractivity (Wildman–Crippen MR) is 86.3 cm³/mol. The molecule has 0 aliphatic carbocycles. The normalized spacial score (nSPS) is 10.5. The van der Waals surface area contributed by atoms with Gasteiger partial charge in [-0.3, -0.25) is 0 Å². The minimum absolute atomic E-state index is 0.540. The first-order valence-electron chi connectivity index (χ1n) is 7.22. The molecule has 2 aromatic rings. The highest BCUT2D eigenvalue weighted by Gasteiger charge is 2.08. The minimum atomic E-state index is 0.540. The number of nitrogens with zero attached hydrogens (tertiary/aromatic N) is 2. The fourth-order valence-electron chi connectivity index (χ4n) is 2.31. The smallest absolute Gasteiger partial charge is 0.144 e. The van der Waals surface area contributed by atoms with E-state index in [4.69, 9.17) is 0 Å². The van der Waals surface area contributed by atoms with Gasteiger partial charge < -0.3 is 5.32 Å². The Bertz CT molecular complexity index is 664. The van der Waals surface area contributed by atoms with Crippen LogP contribution in [0.5, 0.6) is 0 Å². The number of aryl methyl sites for hydroxylation is 2. The van der Waals surface area contributed by atoms with Crippen LogP contribution in [0, 0.1) is 25.2 Å². The Kier molecular flexibility index (Phi) is 4.59. The van der Waals surface area contributed by atoms with Gasteiger partial charge in [0.25, 0.3) is 0 Å². The van der Waals surface area contributed by atoms with Crippen molar-refractivity contribution < 1.29 is 0 Å². The summed E-state index contributed by atoms with van der Waals surface area (Å²) in [6.45, 7) is 8.92. The van der Waals surface area contributed by atoms with Gasteiger partial charge in [-0.1, -0.05) is 38.1 Å². The maximum Gasteiger partial charge on any atom is 0.144 e. The molecule has 0 amide bonds. The van der Waals surface area contributed by atoms with Crippen LogP contribution in [0.1, 0.15) is 47.7 Å². The molecule has 1 aromatic heterocycles. The van der Waals surface area contributed by atoms with Gasteiger partial charge in [0.15, 0.2) is 0 Å². The van der Waals surface area contributed by atoms with Crippen molar-refractivity contribution in [2.24, 2.45) is 0 Å². The summed E-state index contributed by atoms with van der Waals surface area (Å²) in [6, 6.07) is 12.7. The topological polar surface area (TPSA) is 48.7 Å². The maximum absolute atomic E-state index is 9.25. The van der Waals surface area contributed by atoms with E-state index in [9.17, 15) is 5.26 Å². The van der Waals surface area contributed by atoms with Crippen LogP contribution in [-0.2, 0) is 6.54 Å². The lowest BCUT2D eigenvalue weighted by Gasteiger charge is -2.11. The van der Waals surface area contributed by atoms with Crippen LogP contribution in [0.4, 0.5) is 5.82 Å². The van der Waals surface area contributed by atoms with Crippen molar-refractivity contribution in [2.45, 2.75) is 40.2 Å². The fraction of sp³-hybridized carbons (Fsp3) is 0.333. The van der Waals surface area contributed by atoms with Crippen LogP contribution in [-0.4, -0.2) is 4.98 Å². The molecule has 2 rings (SSSR count). The summed E-state index contributed by atoms with van der Waals surface area (Å²) >= 11 is 0. The lowest BCUT2D eigenvalue weighted by molar-refractivity contribution is 0.865. The number of nitriles is 1. The number of hydrogen-bond acceptors (Lipinski definition) is 3. The highest BCUT2D eigenvalue weighted by atomic mass is 15.0. The minimum Gasteiger partial charge on any atom is -0.365 e. The van der Waals surface area contributed by atoms with Crippen molar-refractivity contribution in [1.29, 1.82) is 5.26 Å². The van der Waals surface area contributed by atoms with Gasteiger partial charge in [-0.15, -0.1) is 0 Å². The standard InChI is InChI=1S/C18H21N3/c1-12(2)16-7-5-15(6-8-16)11-20-18-17(10-19)13(3)9-14(4)21-18/h5-9,12H,11H2,1-4H3,(H,20,21). The SMILES string of the molecule is Cc1cc(C)c(C#N)c(NCc2ccc(C(C)C)cc2)n1. The summed E-state index contributed by atoms with van der Waals surface area (Å²) in [5.74, 6) is 1.21. The molecular formula is C18H21N3. The van der Waals surface area contributed by atoms with Crippen molar-refractivity contribution in [1.82, 2.24) is 4.98 Å². The molecule has 0 aliphatic rings. The Morgan fingerprint density at radius 1 is 1.19 bits per heavy atom. The maximum atomic E-state index is 9.25. The largest absolute Gasteiger partial charge is 0.365 e. The van der Waals surface area contributed by atoms with Crippen molar-refractivity contribution in [3.63, 3.8) is 0 Å². The lowest BCUT2D eigenvalue weighted by atomic mass is 10.0. The first-order valence-corrected chi connectivity index (χ1v) is 7.22. The molecule has 0 bridgehead atoms. The number of anilines is 1. The first kappa shape index (κ1) is 15.1. The van der Waals surface area contributed by atoms with E-state index in [1.807, 2.05) is 19.9 Å². The molecule has 3 nitrogen and oxygen atoms in total. The van der Waals surface area contributed by atoms with E-state index in [0.717, 1.165) is 11.3 Å². The number of aromatic nitrogens is 1. The van der Waals surface area contributed by atoms with Crippen molar-refractivity contribution in [3.05, 3.63) is 58.3 Å². The Labute approximate surface area is 126 Å². The predicted octanol–water partition coefficient (Wildman–Crippen LogP) is 4.31. The summed E-state index contributed by atoms with van der Waals surface area (Å²) < 4.78 is 0. The lowest BCUT2D eigenvalue weighted by Crippen LogP contribution is -2.05. The molecule has 0 saturated heterocycles. The third-order valence-corrected chi connectivity index (χ3v) is 3.56. The third-order valence-electron chi connectivity index (χ3n) is 3.56. The molecule has 1 N–H and O–H groups in total. The highest BCUT2D eigenvalue weighted by molar-refractivity contribution is 5.56. The number of pyridine rings is 1. The van der Waals surface area contributed by atoms with Crippen LogP contribution in [0.25, 0.3) is 0 Å². The van der Waals surface area contributed by atoms with E-state index in [2.05, 4.69) is 54.5 Å². The molecule has 108 valence electrons. The van der Waals surface area contributed by atoms with E-state index < -0.39 is 0 Å². The summed E-state index contributed by atoms with van der Waals surface area (Å²) in [7, 11) is 0. The molecule has 1 aromatic carbocycles. The van der Waals surface area contributed by atoms with Gasteiger partial charge in [0, 0.05) is 12.2 Å². The summed E-state index contributed by atoms with van der Waals surface area (Å²) in [5, 5.41) is 12.5. The molecule has 0 atom stereocenters. The number of nitrogens with one attached hydrogen (secondary N) is 1. The van der Waals surface area contributed by atoms with E-state index in [1.54, 1.807) is 0 Å². The average molecular weight is 279 g/mol. The highest BCUT2D eigenvalue weighted by Crippen LogP contribution is 2.19. The fourth-order valence-corrected chi connectivity index (χ4v) is 2.31. The van der Waals surface area contributed by atoms with Crippen LogP contribution in [0.15, 0.2) is 30.3 Å². The van der Waals surface area contributed by atoms with Crippen molar-refractivity contribution >= 4 is 5.82 Å². The van der Waals surface area contributed by atoms with Crippen molar-refractivity contribution in [3.8, 4) is 6.07 Å². The quantitative estimate of drug-likeness (QED) is 0.907. The van der Waals surface area contributed by atoms with Gasteiger partial charge in [0.2, 0.25) is 0 Å². The van der Waals surface area contributed by atoms with E-state index >= 15 is 0 Å². The van der Waals surface area contributed by atoms with Gasteiger partial charge in [0.1, 0.15) is 11.9 Å². The van der Waals surface area contributed by atoms with Gasteiger partial charge >= 0.3 is 0 Å². The van der Waals surface area contributed by atoms with E-state index in [1.165, 1.54) is 11.1 Å². The number of hydrogen-bond donors (Lipinski definition) is 1. The van der Waals surface area contributed by atoms with Gasteiger partial charge in [-0.25, -0.2) is 4.98 Å². The van der Waals surface area contributed by atoms with Crippen LogP contribution in [0.3, 0.4) is 0 Å². The first-order chi connectivity index (χ1) is 10.0. The number of benzene rings is 1. The second-order valence-electron chi connectivity index (χ2n) is 5.67. The molecule has 3 heteroatoms.